The Hall–Kier alpha value is -3.59. The summed E-state index contributed by atoms with van der Waals surface area (Å²) in [5.74, 6) is -0.0943. The standard InChI is InChI=1S/C22H21FN6O2/c1-31-17-3-2-7-28(12-17)22(30)15-9-14-6-8-29(21(14)24-11-15)16-4-5-18(19(23)10-16)20-25-13-26-27-20/h4-6,8-11,13,17H,2-3,7,12H2,1H3,(H,25,26,27)/t17-/m0/s1. The summed E-state index contributed by atoms with van der Waals surface area (Å²) in [5, 5.41) is 8.36. The van der Waals surface area contributed by atoms with Crippen LogP contribution in [0, 0.1) is 5.82 Å². The molecule has 1 aliphatic heterocycles. The van der Waals surface area contributed by atoms with E-state index in [1.54, 1.807) is 30.0 Å². The summed E-state index contributed by atoms with van der Waals surface area (Å²) in [6.45, 7) is 1.31. The number of hydrogen-bond acceptors (Lipinski definition) is 5. The van der Waals surface area contributed by atoms with Crippen molar-refractivity contribution in [1.82, 2.24) is 29.6 Å². The smallest absolute Gasteiger partial charge is 0.255 e. The molecule has 4 heterocycles. The van der Waals surface area contributed by atoms with E-state index in [1.165, 1.54) is 12.4 Å². The number of H-pyrrole nitrogens is 1. The molecule has 9 heteroatoms. The number of likely N-dealkylation sites (tertiary alicyclic amines) is 1. The van der Waals surface area contributed by atoms with Gasteiger partial charge >= 0.3 is 0 Å². The third-order valence-electron chi connectivity index (χ3n) is 5.67. The van der Waals surface area contributed by atoms with Crippen LogP contribution in [0.4, 0.5) is 4.39 Å². The van der Waals surface area contributed by atoms with Crippen LogP contribution in [0.5, 0.6) is 0 Å². The van der Waals surface area contributed by atoms with E-state index in [4.69, 9.17) is 4.74 Å². The lowest BCUT2D eigenvalue weighted by molar-refractivity contribution is 0.0269. The lowest BCUT2D eigenvalue weighted by Crippen LogP contribution is -2.42. The quantitative estimate of drug-likeness (QED) is 0.548. The van der Waals surface area contributed by atoms with Gasteiger partial charge in [-0.25, -0.2) is 9.37 Å². The van der Waals surface area contributed by atoms with E-state index in [2.05, 4.69) is 20.2 Å². The van der Waals surface area contributed by atoms with Crippen molar-refractivity contribution >= 4 is 16.9 Å². The summed E-state index contributed by atoms with van der Waals surface area (Å²) in [7, 11) is 1.68. The topological polar surface area (TPSA) is 88.9 Å². The van der Waals surface area contributed by atoms with Gasteiger partial charge in [-0.15, -0.1) is 10.2 Å². The number of aromatic amines is 1. The number of rotatable bonds is 4. The summed E-state index contributed by atoms with van der Waals surface area (Å²) < 4.78 is 21.9. The third-order valence-corrected chi connectivity index (χ3v) is 5.67. The molecule has 1 saturated heterocycles. The second kappa shape index (κ2) is 7.92. The molecule has 0 radical (unpaired) electrons. The van der Waals surface area contributed by atoms with E-state index in [0.29, 0.717) is 41.4 Å². The van der Waals surface area contributed by atoms with Crippen LogP contribution >= 0.6 is 0 Å². The molecule has 0 saturated carbocycles. The highest BCUT2D eigenvalue weighted by Crippen LogP contribution is 2.25. The van der Waals surface area contributed by atoms with E-state index in [0.717, 1.165) is 18.2 Å². The van der Waals surface area contributed by atoms with Gasteiger partial charge in [-0.2, -0.15) is 0 Å². The fraction of sp³-hybridized carbons (Fsp3) is 0.273. The van der Waals surface area contributed by atoms with E-state index in [1.807, 2.05) is 23.2 Å². The van der Waals surface area contributed by atoms with Gasteiger partial charge in [0.05, 0.1) is 17.2 Å². The molecule has 1 fully saturated rings. The molecule has 0 aliphatic carbocycles. The normalized spacial score (nSPS) is 16.7. The van der Waals surface area contributed by atoms with Crippen LogP contribution in [0.25, 0.3) is 28.1 Å². The lowest BCUT2D eigenvalue weighted by Gasteiger charge is -2.31. The number of nitrogens with one attached hydrogen (secondary N) is 1. The van der Waals surface area contributed by atoms with Crippen molar-refractivity contribution in [3.8, 4) is 17.1 Å². The van der Waals surface area contributed by atoms with Crippen molar-refractivity contribution in [1.29, 1.82) is 0 Å². The Balaban J connectivity index is 1.43. The number of piperidine rings is 1. The van der Waals surface area contributed by atoms with Crippen LogP contribution in [0.1, 0.15) is 23.2 Å². The summed E-state index contributed by atoms with van der Waals surface area (Å²) in [6, 6.07) is 8.57. The molecule has 158 valence electrons. The van der Waals surface area contributed by atoms with Gasteiger partial charge in [-0.3, -0.25) is 4.79 Å². The molecule has 1 aromatic carbocycles. The minimum Gasteiger partial charge on any atom is -0.380 e. The van der Waals surface area contributed by atoms with Gasteiger partial charge in [0.2, 0.25) is 0 Å². The van der Waals surface area contributed by atoms with Crippen molar-refractivity contribution in [3.05, 3.63) is 60.4 Å². The molecule has 1 N–H and O–H groups in total. The second-order valence-electron chi connectivity index (χ2n) is 7.58. The van der Waals surface area contributed by atoms with Crippen LogP contribution < -0.4 is 0 Å². The molecule has 0 spiro atoms. The lowest BCUT2D eigenvalue weighted by atomic mass is 10.1. The largest absolute Gasteiger partial charge is 0.380 e. The molecule has 8 nitrogen and oxygen atoms in total. The van der Waals surface area contributed by atoms with Crippen LogP contribution in [-0.4, -0.2) is 61.8 Å². The molecular weight excluding hydrogens is 399 g/mol. The highest BCUT2D eigenvalue weighted by atomic mass is 19.1. The Morgan fingerprint density at radius 2 is 2.19 bits per heavy atom. The van der Waals surface area contributed by atoms with Crippen molar-refractivity contribution in [2.24, 2.45) is 0 Å². The van der Waals surface area contributed by atoms with Crippen LogP contribution in [0.3, 0.4) is 0 Å². The molecule has 3 aromatic heterocycles. The monoisotopic (exact) mass is 420 g/mol. The van der Waals surface area contributed by atoms with Gasteiger partial charge in [0.15, 0.2) is 5.82 Å². The highest BCUT2D eigenvalue weighted by molar-refractivity contribution is 5.97. The Kier molecular flexibility index (Phi) is 4.95. The predicted molar refractivity (Wildman–Crippen MR) is 112 cm³/mol. The Labute approximate surface area is 177 Å². The van der Waals surface area contributed by atoms with E-state index in [-0.39, 0.29) is 12.0 Å². The minimum atomic E-state index is -0.416. The number of fused-ring (bicyclic) bond motifs is 1. The fourth-order valence-corrected chi connectivity index (χ4v) is 4.03. The average molecular weight is 420 g/mol. The van der Waals surface area contributed by atoms with E-state index >= 15 is 0 Å². The van der Waals surface area contributed by atoms with Gasteiger partial charge < -0.3 is 19.2 Å². The number of amides is 1. The first kappa shape index (κ1) is 19.4. The zero-order valence-electron chi connectivity index (χ0n) is 17.0. The first-order valence-corrected chi connectivity index (χ1v) is 10.1. The molecule has 1 atom stereocenters. The average Bonchev–Trinajstić information content (AvgIpc) is 3.48. The summed E-state index contributed by atoms with van der Waals surface area (Å²) in [4.78, 5) is 22.1. The van der Waals surface area contributed by atoms with Crippen molar-refractivity contribution in [2.45, 2.75) is 18.9 Å². The fourth-order valence-electron chi connectivity index (χ4n) is 4.03. The number of carbonyl (C=O) groups is 1. The number of methoxy groups -OCH3 is 1. The van der Waals surface area contributed by atoms with Crippen molar-refractivity contribution in [3.63, 3.8) is 0 Å². The maximum absolute atomic E-state index is 14.7. The number of aromatic nitrogens is 5. The highest BCUT2D eigenvalue weighted by Gasteiger charge is 2.25. The summed E-state index contributed by atoms with van der Waals surface area (Å²) in [5.41, 5.74) is 2.15. The molecule has 0 bridgehead atoms. The second-order valence-corrected chi connectivity index (χ2v) is 7.58. The maximum atomic E-state index is 14.7. The Morgan fingerprint density at radius 1 is 1.29 bits per heavy atom. The summed E-state index contributed by atoms with van der Waals surface area (Å²) in [6.07, 6.45) is 6.76. The zero-order chi connectivity index (χ0) is 21.4. The van der Waals surface area contributed by atoms with Gasteiger partial charge in [-0.05, 0) is 43.2 Å². The molecule has 1 amide bonds. The first-order chi connectivity index (χ1) is 15.1. The van der Waals surface area contributed by atoms with Gasteiger partial charge in [0.1, 0.15) is 17.8 Å². The van der Waals surface area contributed by atoms with Gasteiger partial charge in [0, 0.05) is 43.7 Å². The molecular formula is C22H21FN6O2. The number of pyridine rings is 1. The molecule has 4 aromatic rings. The first-order valence-electron chi connectivity index (χ1n) is 10.1. The number of carbonyl (C=O) groups excluding carboxylic acids is 1. The van der Waals surface area contributed by atoms with Crippen molar-refractivity contribution < 1.29 is 13.9 Å². The van der Waals surface area contributed by atoms with Crippen LogP contribution in [-0.2, 0) is 4.74 Å². The number of nitrogens with zero attached hydrogens (tertiary/aromatic N) is 5. The van der Waals surface area contributed by atoms with Crippen molar-refractivity contribution in [2.75, 3.05) is 20.2 Å². The Morgan fingerprint density at radius 3 is 2.97 bits per heavy atom. The molecule has 0 unspecified atom stereocenters. The number of ether oxygens (including phenoxy) is 1. The predicted octanol–water partition coefficient (Wildman–Crippen LogP) is 3.20. The number of benzene rings is 1. The van der Waals surface area contributed by atoms with E-state index < -0.39 is 5.82 Å². The Bertz CT molecular complexity index is 1240. The molecule has 31 heavy (non-hydrogen) atoms. The van der Waals surface area contributed by atoms with Crippen LogP contribution in [0.2, 0.25) is 0 Å². The number of hydrogen-bond donors (Lipinski definition) is 1. The zero-order valence-corrected chi connectivity index (χ0v) is 17.0. The third kappa shape index (κ3) is 3.57. The molecule has 1 aliphatic rings. The maximum Gasteiger partial charge on any atom is 0.255 e. The minimum absolute atomic E-state index is 0.0497. The van der Waals surface area contributed by atoms with Gasteiger partial charge in [0.25, 0.3) is 5.91 Å². The SMILES string of the molecule is CO[C@H]1CCCN(C(=O)c2cnc3c(ccn3-c3ccc(-c4nnc[nH]4)c(F)c3)c2)C1. The number of halogens is 1. The van der Waals surface area contributed by atoms with Gasteiger partial charge in [-0.1, -0.05) is 0 Å². The summed E-state index contributed by atoms with van der Waals surface area (Å²) >= 11 is 0. The van der Waals surface area contributed by atoms with Crippen LogP contribution in [0.15, 0.2) is 49.1 Å². The van der Waals surface area contributed by atoms with E-state index in [9.17, 15) is 9.18 Å². The molecule has 5 rings (SSSR count).